The van der Waals surface area contributed by atoms with E-state index in [0.29, 0.717) is 29.9 Å². The molecule has 2 N–H and O–H groups in total. The number of aromatic nitrogens is 2. The molecule has 0 bridgehead atoms. The number of carbonyl (C=O) groups excluding carboxylic acids is 1. The zero-order chi connectivity index (χ0) is 15.1. The molecule has 0 radical (unpaired) electrons. The Morgan fingerprint density at radius 3 is 2.67 bits per heavy atom. The van der Waals surface area contributed by atoms with Crippen LogP contribution < -0.4 is 5.32 Å². The Labute approximate surface area is 120 Å². The summed E-state index contributed by atoms with van der Waals surface area (Å²) < 4.78 is 4.59. The van der Waals surface area contributed by atoms with Crippen molar-refractivity contribution in [2.45, 2.75) is 6.42 Å². The summed E-state index contributed by atoms with van der Waals surface area (Å²) in [5.41, 5.74) is 1.20. The van der Waals surface area contributed by atoms with Crippen molar-refractivity contribution in [3.8, 4) is 0 Å². The molecule has 2 rings (SSSR count). The van der Waals surface area contributed by atoms with Crippen LogP contribution in [0.1, 0.15) is 21.7 Å². The van der Waals surface area contributed by atoms with Crippen molar-refractivity contribution in [1.82, 2.24) is 15.5 Å². The Morgan fingerprint density at radius 1 is 1.29 bits per heavy atom. The molecule has 0 aliphatic heterocycles. The lowest BCUT2D eigenvalue weighted by molar-refractivity contribution is -0.131. The van der Waals surface area contributed by atoms with Crippen LogP contribution in [0.5, 0.6) is 0 Å². The van der Waals surface area contributed by atoms with Gasteiger partial charge in [0, 0.05) is 24.6 Å². The summed E-state index contributed by atoms with van der Waals surface area (Å²) in [5.74, 6) is -0.699. The van der Waals surface area contributed by atoms with Gasteiger partial charge in [0.25, 0.3) is 5.91 Å². The highest BCUT2D eigenvalue weighted by molar-refractivity contribution is 5.94. The summed E-state index contributed by atoms with van der Waals surface area (Å²) in [6, 6.07) is 6.61. The van der Waals surface area contributed by atoms with Gasteiger partial charge < -0.3 is 14.9 Å². The van der Waals surface area contributed by atoms with Gasteiger partial charge in [0.2, 0.25) is 6.39 Å². The van der Waals surface area contributed by atoms with E-state index in [4.69, 9.17) is 5.11 Å². The maximum absolute atomic E-state index is 11.9. The van der Waals surface area contributed by atoms with Crippen molar-refractivity contribution in [3.63, 3.8) is 0 Å². The number of carboxylic acid groups (broad SMARTS) is 1. The minimum absolute atomic E-state index is 0.216. The van der Waals surface area contributed by atoms with Crippen LogP contribution in [-0.2, 0) is 11.2 Å². The molecule has 2 aromatic rings. The quantitative estimate of drug-likeness (QED) is 0.772. The van der Waals surface area contributed by atoms with Crippen LogP contribution >= 0.6 is 0 Å². The molecule has 21 heavy (non-hydrogen) atoms. The minimum Gasteiger partial charge on any atom is -0.478 e. The summed E-state index contributed by atoms with van der Waals surface area (Å²) >= 11 is 0. The molecule has 0 aliphatic carbocycles. The molecular formula is C14H13N3O4. The third kappa shape index (κ3) is 4.57. The predicted octanol–water partition coefficient (Wildman–Crippen LogP) is 1.14. The first kappa shape index (κ1) is 14.4. The zero-order valence-corrected chi connectivity index (χ0v) is 11.0. The van der Waals surface area contributed by atoms with Crippen LogP contribution in [-0.4, -0.2) is 33.7 Å². The predicted molar refractivity (Wildman–Crippen MR) is 73.4 cm³/mol. The molecule has 1 aromatic carbocycles. The normalized spacial score (nSPS) is 10.7. The van der Waals surface area contributed by atoms with Crippen molar-refractivity contribution < 1.29 is 19.2 Å². The molecule has 1 aromatic heterocycles. The molecule has 0 spiro atoms. The van der Waals surface area contributed by atoms with E-state index in [1.807, 2.05) is 0 Å². The molecule has 0 unspecified atom stereocenters. The van der Waals surface area contributed by atoms with E-state index in [-0.39, 0.29) is 5.91 Å². The number of hydrogen-bond acceptors (Lipinski definition) is 5. The first-order valence-electron chi connectivity index (χ1n) is 6.19. The van der Waals surface area contributed by atoms with Gasteiger partial charge in [-0.15, -0.1) is 0 Å². The third-order valence-corrected chi connectivity index (χ3v) is 2.63. The number of benzene rings is 1. The van der Waals surface area contributed by atoms with E-state index < -0.39 is 5.97 Å². The fourth-order valence-corrected chi connectivity index (χ4v) is 1.61. The minimum atomic E-state index is -1.02. The number of hydrogen-bond donors (Lipinski definition) is 2. The summed E-state index contributed by atoms with van der Waals surface area (Å²) in [4.78, 5) is 26.1. The lowest BCUT2D eigenvalue weighted by Gasteiger charge is -2.04. The Kier molecular flexibility index (Phi) is 4.81. The zero-order valence-electron chi connectivity index (χ0n) is 11.0. The number of carboxylic acids is 1. The van der Waals surface area contributed by atoms with E-state index in [1.54, 1.807) is 24.3 Å². The summed E-state index contributed by atoms with van der Waals surface area (Å²) in [5, 5.41) is 14.9. The van der Waals surface area contributed by atoms with Crippen molar-refractivity contribution in [1.29, 1.82) is 0 Å². The Bertz CT molecular complexity index is 633. The van der Waals surface area contributed by atoms with Gasteiger partial charge in [0.1, 0.15) is 0 Å². The van der Waals surface area contributed by atoms with Crippen LogP contribution in [0.25, 0.3) is 6.08 Å². The SMILES string of the molecule is O=C(O)/C=C/c1ccc(C(=O)NCCc2ncon2)cc1. The highest BCUT2D eigenvalue weighted by Gasteiger charge is 2.05. The largest absolute Gasteiger partial charge is 0.478 e. The summed E-state index contributed by atoms with van der Waals surface area (Å²) in [7, 11) is 0. The monoisotopic (exact) mass is 287 g/mol. The number of aliphatic carboxylic acids is 1. The van der Waals surface area contributed by atoms with E-state index in [2.05, 4.69) is 20.0 Å². The number of rotatable bonds is 6. The Morgan fingerprint density at radius 2 is 2.05 bits per heavy atom. The van der Waals surface area contributed by atoms with Gasteiger partial charge >= 0.3 is 5.97 Å². The van der Waals surface area contributed by atoms with Gasteiger partial charge in [0.15, 0.2) is 5.82 Å². The first-order chi connectivity index (χ1) is 10.1. The van der Waals surface area contributed by atoms with E-state index in [9.17, 15) is 9.59 Å². The molecule has 1 heterocycles. The average molecular weight is 287 g/mol. The lowest BCUT2D eigenvalue weighted by Crippen LogP contribution is -2.25. The molecule has 7 heteroatoms. The number of carbonyl (C=O) groups is 2. The van der Waals surface area contributed by atoms with Gasteiger partial charge in [0.05, 0.1) is 0 Å². The van der Waals surface area contributed by atoms with Crippen molar-refractivity contribution in [2.75, 3.05) is 6.54 Å². The van der Waals surface area contributed by atoms with Gasteiger partial charge in [-0.05, 0) is 23.8 Å². The topological polar surface area (TPSA) is 105 Å². The lowest BCUT2D eigenvalue weighted by atomic mass is 10.1. The van der Waals surface area contributed by atoms with Crippen LogP contribution in [0.2, 0.25) is 0 Å². The van der Waals surface area contributed by atoms with Crippen LogP contribution in [0.15, 0.2) is 41.3 Å². The fraction of sp³-hybridized carbons (Fsp3) is 0.143. The van der Waals surface area contributed by atoms with Gasteiger partial charge in [-0.3, -0.25) is 4.79 Å². The maximum Gasteiger partial charge on any atom is 0.328 e. The van der Waals surface area contributed by atoms with Gasteiger partial charge in [-0.1, -0.05) is 17.3 Å². The fourth-order valence-electron chi connectivity index (χ4n) is 1.61. The van der Waals surface area contributed by atoms with E-state index in [1.165, 1.54) is 12.5 Å². The summed E-state index contributed by atoms with van der Waals surface area (Å²) in [6.45, 7) is 0.402. The average Bonchev–Trinajstić information content (AvgIpc) is 2.99. The molecule has 0 saturated heterocycles. The van der Waals surface area contributed by atoms with Gasteiger partial charge in [-0.25, -0.2) is 4.79 Å². The van der Waals surface area contributed by atoms with Crippen LogP contribution in [0, 0.1) is 0 Å². The van der Waals surface area contributed by atoms with Gasteiger partial charge in [-0.2, -0.15) is 4.98 Å². The first-order valence-corrected chi connectivity index (χ1v) is 6.19. The number of nitrogens with zero attached hydrogens (tertiary/aromatic N) is 2. The Hall–Kier alpha value is -2.96. The highest BCUT2D eigenvalue weighted by atomic mass is 16.5. The van der Waals surface area contributed by atoms with E-state index >= 15 is 0 Å². The highest BCUT2D eigenvalue weighted by Crippen LogP contribution is 2.06. The van der Waals surface area contributed by atoms with Crippen molar-refractivity contribution >= 4 is 18.0 Å². The number of amides is 1. The molecule has 1 amide bonds. The van der Waals surface area contributed by atoms with Crippen molar-refractivity contribution in [3.05, 3.63) is 53.7 Å². The molecule has 7 nitrogen and oxygen atoms in total. The maximum atomic E-state index is 11.9. The second-order valence-electron chi connectivity index (χ2n) is 4.15. The van der Waals surface area contributed by atoms with Crippen LogP contribution in [0.4, 0.5) is 0 Å². The smallest absolute Gasteiger partial charge is 0.328 e. The Balaban J connectivity index is 1.86. The standard InChI is InChI=1S/C14H13N3O4/c18-13(19)6-3-10-1-4-11(5-2-10)14(20)15-8-7-12-16-9-21-17-12/h1-6,9H,7-8H2,(H,15,20)(H,18,19)/b6-3+. The van der Waals surface area contributed by atoms with Crippen LogP contribution in [0.3, 0.4) is 0 Å². The molecule has 0 fully saturated rings. The number of nitrogens with one attached hydrogen (secondary N) is 1. The second kappa shape index (κ2) is 6.99. The third-order valence-electron chi connectivity index (χ3n) is 2.63. The molecule has 108 valence electrons. The van der Waals surface area contributed by atoms with E-state index in [0.717, 1.165) is 6.08 Å². The summed E-state index contributed by atoms with van der Waals surface area (Å²) in [6.07, 6.45) is 4.22. The second-order valence-corrected chi connectivity index (χ2v) is 4.15. The molecule has 0 atom stereocenters. The molecule has 0 saturated carbocycles. The molecule has 0 aliphatic rings. The van der Waals surface area contributed by atoms with Crippen molar-refractivity contribution in [2.24, 2.45) is 0 Å². The molecular weight excluding hydrogens is 274 g/mol.